The molecule has 0 spiro atoms. The van der Waals surface area contributed by atoms with Crippen LogP contribution in [0.1, 0.15) is 51.9 Å². The number of para-hydroxylation sites is 2. The zero-order chi connectivity index (χ0) is 21.9. The first kappa shape index (κ1) is 20.4. The standard InChI is InChI=1S/C26H26N4O2/c1-32-26(31)20-13-11-18(12-14-20)16-30(17-24-28-21-8-2-3-9-22(21)29-24)23-10-4-6-19-7-5-15-27-25(19)23/h2-3,5,7-9,11-15,23H,4,6,10,16-17H2,1H3,(H,28,29). The van der Waals surface area contributed by atoms with Crippen LogP contribution >= 0.6 is 0 Å². The van der Waals surface area contributed by atoms with Crippen LogP contribution in [-0.2, 0) is 24.2 Å². The van der Waals surface area contributed by atoms with E-state index >= 15 is 0 Å². The fourth-order valence-electron chi connectivity index (χ4n) is 4.59. The van der Waals surface area contributed by atoms with E-state index in [9.17, 15) is 4.79 Å². The van der Waals surface area contributed by atoms with Crippen molar-refractivity contribution in [2.75, 3.05) is 7.11 Å². The van der Waals surface area contributed by atoms with Gasteiger partial charge < -0.3 is 9.72 Å². The number of rotatable bonds is 6. The fraction of sp³-hybridized carbons (Fsp3) is 0.269. The third-order valence-electron chi connectivity index (χ3n) is 6.16. The third-order valence-corrected chi connectivity index (χ3v) is 6.16. The Morgan fingerprint density at radius 1 is 1.09 bits per heavy atom. The number of carbonyl (C=O) groups excluding carboxylic acids is 1. The quantitative estimate of drug-likeness (QED) is 0.448. The Hall–Kier alpha value is -3.51. The van der Waals surface area contributed by atoms with Gasteiger partial charge in [-0.05, 0) is 60.7 Å². The first-order valence-electron chi connectivity index (χ1n) is 11.0. The number of hydrogen-bond acceptors (Lipinski definition) is 5. The van der Waals surface area contributed by atoms with Gasteiger partial charge in [0.05, 0.1) is 42.0 Å². The van der Waals surface area contributed by atoms with Crippen LogP contribution in [0.3, 0.4) is 0 Å². The minimum atomic E-state index is -0.318. The topological polar surface area (TPSA) is 71.1 Å². The third kappa shape index (κ3) is 4.14. The molecule has 0 saturated heterocycles. The number of esters is 1. The largest absolute Gasteiger partial charge is 0.465 e. The fourth-order valence-corrected chi connectivity index (χ4v) is 4.59. The van der Waals surface area contributed by atoms with Gasteiger partial charge in [0.25, 0.3) is 0 Å². The Balaban J connectivity index is 1.46. The Morgan fingerprint density at radius 2 is 1.94 bits per heavy atom. The summed E-state index contributed by atoms with van der Waals surface area (Å²) < 4.78 is 4.83. The molecule has 162 valence electrons. The number of aromatic nitrogens is 3. The summed E-state index contributed by atoms with van der Waals surface area (Å²) in [5.74, 6) is 0.626. The summed E-state index contributed by atoms with van der Waals surface area (Å²) in [6, 6.07) is 20.2. The number of carbonyl (C=O) groups is 1. The average Bonchev–Trinajstić information content (AvgIpc) is 3.26. The Bertz CT molecular complexity index is 1200. The van der Waals surface area contributed by atoms with E-state index in [0.29, 0.717) is 12.1 Å². The van der Waals surface area contributed by atoms with Crippen LogP contribution in [-0.4, -0.2) is 32.9 Å². The predicted molar refractivity (Wildman–Crippen MR) is 123 cm³/mol. The Labute approximate surface area is 187 Å². The highest BCUT2D eigenvalue weighted by atomic mass is 16.5. The van der Waals surface area contributed by atoms with Crippen molar-refractivity contribution in [3.8, 4) is 0 Å². The second kappa shape index (κ2) is 8.93. The van der Waals surface area contributed by atoms with E-state index in [2.05, 4.69) is 22.0 Å². The van der Waals surface area contributed by atoms with Gasteiger partial charge in [-0.1, -0.05) is 30.3 Å². The van der Waals surface area contributed by atoms with Crippen LogP contribution in [0.5, 0.6) is 0 Å². The summed E-state index contributed by atoms with van der Waals surface area (Å²) in [6.07, 6.45) is 5.17. The first-order valence-corrected chi connectivity index (χ1v) is 11.0. The summed E-state index contributed by atoms with van der Waals surface area (Å²) in [5, 5.41) is 0. The molecule has 0 fully saturated rings. The molecule has 1 atom stereocenters. The van der Waals surface area contributed by atoms with Gasteiger partial charge in [-0.3, -0.25) is 9.88 Å². The van der Waals surface area contributed by atoms with Crippen molar-refractivity contribution in [1.82, 2.24) is 19.9 Å². The maximum absolute atomic E-state index is 11.8. The van der Waals surface area contributed by atoms with Gasteiger partial charge in [-0.25, -0.2) is 9.78 Å². The van der Waals surface area contributed by atoms with Gasteiger partial charge in [-0.15, -0.1) is 0 Å². The van der Waals surface area contributed by atoms with Crippen LogP contribution in [0.4, 0.5) is 0 Å². The van der Waals surface area contributed by atoms with Crippen molar-refractivity contribution in [2.24, 2.45) is 0 Å². The van der Waals surface area contributed by atoms with E-state index in [4.69, 9.17) is 14.7 Å². The van der Waals surface area contributed by atoms with E-state index in [1.165, 1.54) is 18.4 Å². The van der Waals surface area contributed by atoms with E-state index in [0.717, 1.165) is 48.2 Å². The number of aryl methyl sites for hydroxylation is 1. The zero-order valence-corrected chi connectivity index (χ0v) is 18.1. The molecule has 6 heteroatoms. The zero-order valence-electron chi connectivity index (χ0n) is 18.1. The number of imidazole rings is 1. The number of pyridine rings is 1. The molecule has 32 heavy (non-hydrogen) atoms. The summed E-state index contributed by atoms with van der Waals surface area (Å²) >= 11 is 0. The number of aromatic amines is 1. The van der Waals surface area contributed by atoms with E-state index in [1.807, 2.05) is 54.7 Å². The normalized spacial score (nSPS) is 15.6. The minimum Gasteiger partial charge on any atom is -0.465 e. The molecule has 1 aliphatic rings. The molecular weight excluding hydrogens is 400 g/mol. The molecule has 0 radical (unpaired) electrons. The highest BCUT2D eigenvalue weighted by Gasteiger charge is 2.28. The Morgan fingerprint density at radius 3 is 2.75 bits per heavy atom. The lowest BCUT2D eigenvalue weighted by molar-refractivity contribution is 0.0600. The predicted octanol–water partition coefficient (Wildman–Crippen LogP) is 4.82. The van der Waals surface area contributed by atoms with Gasteiger partial charge in [0.1, 0.15) is 5.82 Å². The van der Waals surface area contributed by atoms with Crippen molar-refractivity contribution in [3.63, 3.8) is 0 Å². The number of benzene rings is 2. The second-order valence-corrected chi connectivity index (χ2v) is 8.25. The number of fused-ring (bicyclic) bond motifs is 2. The lowest BCUT2D eigenvalue weighted by Crippen LogP contribution is -2.31. The van der Waals surface area contributed by atoms with E-state index in [1.54, 1.807) is 0 Å². The Kier molecular flexibility index (Phi) is 5.69. The van der Waals surface area contributed by atoms with Crippen LogP contribution in [0.2, 0.25) is 0 Å². The minimum absolute atomic E-state index is 0.216. The van der Waals surface area contributed by atoms with Crippen molar-refractivity contribution >= 4 is 17.0 Å². The molecule has 2 heterocycles. The molecule has 0 aliphatic heterocycles. The monoisotopic (exact) mass is 426 g/mol. The van der Waals surface area contributed by atoms with Crippen LogP contribution in [0.25, 0.3) is 11.0 Å². The number of ether oxygens (including phenoxy) is 1. The summed E-state index contributed by atoms with van der Waals surface area (Å²) in [7, 11) is 1.40. The lowest BCUT2D eigenvalue weighted by Gasteiger charge is -2.34. The molecule has 2 aromatic heterocycles. The van der Waals surface area contributed by atoms with Crippen LogP contribution < -0.4 is 0 Å². The first-order chi connectivity index (χ1) is 15.7. The molecule has 4 aromatic rings. The van der Waals surface area contributed by atoms with Gasteiger partial charge in [0.2, 0.25) is 0 Å². The highest BCUT2D eigenvalue weighted by molar-refractivity contribution is 5.89. The molecule has 2 aromatic carbocycles. The van der Waals surface area contributed by atoms with Crippen molar-refractivity contribution in [2.45, 2.75) is 38.4 Å². The van der Waals surface area contributed by atoms with Gasteiger partial charge in [-0.2, -0.15) is 0 Å². The molecule has 5 rings (SSSR count). The van der Waals surface area contributed by atoms with E-state index in [-0.39, 0.29) is 12.0 Å². The number of nitrogens with zero attached hydrogens (tertiary/aromatic N) is 3. The van der Waals surface area contributed by atoms with Crippen LogP contribution in [0, 0.1) is 0 Å². The van der Waals surface area contributed by atoms with Gasteiger partial charge >= 0.3 is 5.97 Å². The van der Waals surface area contributed by atoms with Crippen molar-refractivity contribution in [1.29, 1.82) is 0 Å². The molecule has 0 saturated carbocycles. The molecular formula is C26H26N4O2. The number of methoxy groups -OCH3 is 1. The number of nitrogens with one attached hydrogen (secondary N) is 1. The molecule has 0 bridgehead atoms. The maximum atomic E-state index is 11.8. The SMILES string of the molecule is COC(=O)c1ccc(CN(Cc2nc3ccccc3[nH]2)C2CCCc3cccnc32)cc1. The van der Waals surface area contributed by atoms with Crippen molar-refractivity contribution in [3.05, 3.63) is 95.1 Å². The molecule has 6 nitrogen and oxygen atoms in total. The van der Waals surface area contributed by atoms with E-state index < -0.39 is 0 Å². The summed E-state index contributed by atoms with van der Waals surface area (Å²) in [6.45, 7) is 1.42. The summed E-state index contributed by atoms with van der Waals surface area (Å²) in [5.41, 5.74) is 6.22. The molecule has 1 unspecified atom stereocenters. The molecule has 0 amide bonds. The lowest BCUT2D eigenvalue weighted by atomic mass is 9.90. The second-order valence-electron chi connectivity index (χ2n) is 8.25. The maximum Gasteiger partial charge on any atom is 0.337 e. The van der Waals surface area contributed by atoms with Crippen molar-refractivity contribution < 1.29 is 9.53 Å². The van der Waals surface area contributed by atoms with Crippen LogP contribution in [0.15, 0.2) is 66.9 Å². The summed E-state index contributed by atoms with van der Waals surface area (Å²) in [4.78, 5) is 27.3. The van der Waals surface area contributed by atoms with Gasteiger partial charge in [0.15, 0.2) is 0 Å². The average molecular weight is 427 g/mol. The number of hydrogen-bond donors (Lipinski definition) is 1. The smallest absolute Gasteiger partial charge is 0.337 e. The molecule has 1 aliphatic carbocycles. The number of H-pyrrole nitrogens is 1. The van der Waals surface area contributed by atoms with Gasteiger partial charge in [0, 0.05) is 12.7 Å². The molecule has 1 N–H and O–H groups in total. The highest BCUT2D eigenvalue weighted by Crippen LogP contribution is 2.34.